The third-order valence-electron chi connectivity index (χ3n) is 5.46. The Bertz CT molecular complexity index is 1020. The van der Waals surface area contributed by atoms with Crippen molar-refractivity contribution in [3.8, 4) is 11.5 Å². The number of ether oxygens (including phenoxy) is 2. The van der Waals surface area contributed by atoms with Gasteiger partial charge in [-0.3, -0.25) is 14.4 Å². The van der Waals surface area contributed by atoms with Crippen LogP contribution in [-0.2, 0) is 25.7 Å². The largest absolute Gasteiger partial charge is 0.493 e. The Kier molecular flexibility index (Phi) is 14.7. The van der Waals surface area contributed by atoms with Crippen molar-refractivity contribution in [1.82, 2.24) is 16.0 Å². The highest BCUT2D eigenvalue weighted by Crippen LogP contribution is 2.28. The number of amides is 3. The molecule has 1 rings (SSSR count). The molecule has 0 saturated heterocycles. The number of methoxy groups -OCH3 is 1. The molecule has 0 aliphatic rings. The number of aliphatic carboxylic acids is 2. The molecule has 1 aromatic rings. The maximum atomic E-state index is 12.3. The Morgan fingerprint density at radius 3 is 2.31 bits per heavy atom. The zero-order valence-corrected chi connectivity index (χ0v) is 22.8. The van der Waals surface area contributed by atoms with Gasteiger partial charge >= 0.3 is 18.0 Å². The summed E-state index contributed by atoms with van der Waals surface area (Å²) in [6.07, 6.45) is 5.62. The third kappa shape index (κ3) is 13.9. The van der Waals surface area contributed by atoms with Crippen LogP contribution in [0.4, 0.5) is 4.79 Å². The maximum Gasteiger partial charge on any atom is 0.413 e. The number of hydrogen-bond donors (Lipinski definition) is 5. The van der Waals surface area contributed by atoms with Gasteiger partial charge in [-0.05, 0) is 56.2 Å². The second-order valence-electron chi connectivity index (χ2n) is 9.27. The van der Waals surface area contributed by atoms with Crippen molar-refractivity contribution >= 4 is 29.8 Å². The fraction of sp³-hybridized carbons (Fsp3) is 0.519. The summed E-state index contributed by atoms with van der Waals surface area (Å²) in [5.74, 6) is -2.68. The molecule has 3 amide bonds. The average molecular weight is 550 g/mol. The zero-order chi connectivity index (χ0) is 29.4. The first-order chi connectivity index (χ1) is 18.4. The molecule has 0 radical (unpaired) electrons. The lowest BCUT2D eigenvalue weighted by atomic mass is 10.1. The number of benzene rings is 1. The van der Waals surface area contributed by atoms with E-state index < -0.39 is 42.4 Å². The van der Waals surface area contributed by atoms with E-state index in [0.29, 0.717) is 12.3 Å². The van der Waals surface area contributed by atoms with Crippen LogP contribution >= 0.6 is 0 Å². The van der Waals surface area contributed by atoms with Crippen LogP contribution in [0.3, 0.4) is 0 Å². The van der Waals surface area contributed by atoms with Gasteiger partial charge in [-0.2, -0.15) is 0 Å². The van der Waals surface area contributed by atoms with Gasteiger partial charge in [0.1, 0.15) is 12.1 Å². The number of carboxylic acids is 2. The van der Waals surface area contributed by atoms with E-state index in [1.165, 1.54) is 20.1 Å². The highest BCUT2D eigenvalue weighted by Gasteiger charge is 2.25. The maximum absolute atomic E-state index is 12.3. The third-order valence-corrected chi connectivity index (χ3v) is 5.46. The highest BCUT2D eigenvalue weighted by atomic mass is 16.6. The number of nitrogens with one attached hydrogen (secondary N) is 3. The molecule has 0 aliphatic carbocycles. The number of rotatable bonds is 17. The number of carboxylic acid groups (broad SMARTS) is 2. The molecule has 2 atom stereocenters. The Morgan fingerprint density at radius 2 is 1.69 bits per heavy atom. The Hall–Kier alpha value is -4.09. The van der Waals surface area contributed by atoms with Crippen molar-refractivity contribution in [3.63, 3.8) is 0 Å². The monoisotopic (exact) mass is 549 g/mol. The van der Waals surface area contributed by atoms with Crippen LogP contribution in [-0.4, -0.2) is 59.3 Å². The van der Waals surface area contributed by atoms with Gasteiger partial charge in [-0.25, -0.2) is 9.59 Å². The van der Waals surface area contributed by atoms with E-state index in [4.69, 9.17) is 19.7 Å². The van der Waals surface area contributed by atoms with Crippen LogP contribution in [0.25, 0.3) is 0 Å². The Balaban J connectivity index is 2.57. The standard InChI is InChI=1S/C27H39N3O9/c1-17(2)9-7-5-6-8-10-23(31)28-16-19-11-13-21(22(15-19)38-4)39-27(37)29-18(3)25(34)30-20(26(35)36)12-14-24(32)33/h7,9,11,13,15,17-18,20H,5-6,8,10,12,14,16H2,1-4H3,(H,28,31)(H,29,37)(H,30,34)(H,32,33)(H,35,36)/b9-7+/t18-,20+/m1/s1. The quantitative estimate of drug-likeness (QED) is 0.144. The van der Waals surface area contributed by atoms with E-state index in [0.717, 1.165) is 24.8 Å². The van der Waals surface area contributed by atoms with E-state index in [1.807, 2.05) is 0 Å². The minimum atomic E-state index is -1.42. The summed E-state index contributed by atoms with van der Waals surface area (Å²) < 4.78 is 10.5. The molecule has 0 aliphatic heterocycles. The number of allylic oxidation sites excluding steroid dienone is 2. The molecular weight excluding hydrogens is 510 g/mol. The second-order valence-corrected chi connectivity index (χ2v) is 9.27. The number of hydrogen-bond acceptors (Lipinski definition) is 7. The molecule has 0 spiro atoms. The molecule has 12 nitrogen and oxygen atoms in total. The highest BCUT2D eigenvalue weighted by molar-refractivity contribution is 5.89. The fourth-order valence-corrected chi connectivity index (χ4v) is 3.31. The Morgan fingerprint density at radius 1 is 0.974 bits per heavy atom. The molecule has 0 unspecified atom stereocenters. The second kappa shape index (κ2) is 17.4. The molecule has 0 heterocycles. The van der Waals surface area contributed by atoms with Gasteiger partial charge in [0, 0.05) is 19.4 Å². The van der Waals surface area contributed by atoms with E-state index >= 15 is 0 Å². The zero-order valence-electron chi connectivity index (χ0n) is 22.8. The van der Waals surface area contributed by atoms with Crippen LogP contribution < -0.4 is 25.4 Å². The van der Waals surface area contributed by atoms with Gasteiger partial charge in [0.15, 0.2) is 11.5 Å². The summed E-state index contributed by atoms with van der Waals surface area (Å²) in [7, 11) is 1.38. The van der Waals surface area contributed by atoms with Crippen molar-refractivity contribution in [2.45, 2.75) is 77.9 Å². The topological polar surface area (TPSA) is 180 Å². The summed E-state index contributed by atoms with van der Waals surface area (Å²) in [6.45, 7) is 5.81. The normalized spacial score (nSPS) is 12.4. The lowest BCUT2D eigenvalue weighted by molar-refractivity contribution is -0.143. The van der Waals surface area contributed by atoms with E-state index in [9.17, 15) is 24.0 Å². The van der Waals surface area contributed by atoms with Gasteiger partial charge in [-0.15, -0.1) is 0 Å². The van der Waals surface area contributed by atoms with Crippen LogP contribution in [0.15, 0.2) is 30.4 Å². The lowest BCUT2D eigenvalue weighted by Gasteiger charge is -2.18. The summed E-state index contributed by atoms with van der Waals surface area (Å²) in [5, 5.41) is 25.2. The SMILES string of the molecule is COc1cc(CNC(=O)CCCC/C=C/C(C)C)ccc1OC(=O)N[C@H](C)C(=O)N[C@@H](CCC(=O)O)C(=O)O. The molecule has 5 N–H and O–H groups in total. The average Bonchev–Trinajstić information content (AvgIpc) is 2.87. The molecule has 0 fully saturated rings. The summed E-state index contributed by atoms with van der Waals surface area (Å²) >= 11 is 0. The molecule has 0 saturated carbocycles. The van der Waals surface area contributed by atoms with Crippen LogP contribution in [0.2, 0.25) is 0 Å². The van der Waals surface area contributed by atoms with Gasteiger partial charge in [0.25, 0.3) is 0 Å². The summed E-state index contributed by atoms with van der Waals surface area (Å²) in [4.78, 5) is 58.6. The van der Waals surface area contributed by atoms with Gasteiger partial charge in [-0.1, -0.05) is 32.1 Å². The van der Waals surface area contributed by atoms with Crippen LogP contribution in [0.5, 0.6) is 11.5 Å². The number of unbranched alkanes of at least 4 members (excludes halogenated alkanes) is 2. The lowest BCUT2D eigenvalue weighted by Crippen LogP contribution is -2.50. The minimum Gasteiger partial charge on any atom is -0.493 e. The number of carbonyl (C=O) groups excluding carboxylic acids is 3. The van der Waals surface area contributed by atoms with Gasteiger partial charge in [0.05, 0.1) is 7.11 Å². The molecule has 0 bridgehead atoms. The van der Waals surface area contributed by atoms with Gasteiger partial charge in [0.2, 0.25) is 11.8 Å². The smallest absolute Gasteiger partial charge is 0.413 e. The number of carbonyl (C=O) groups is 5. The van der Waals surface area contributed by atoms with Crippen LogP contribution in [0.1, 0.15) is 64.9 Å². The first-order valence-electron chi connectivity index (χ1n) is 12.8. The Labute approximate surface area is 228 Å². The van der Waals surface area contributed by atoms with Crippen molar-refractivity contribution < 1.29 is 43.7 Å². The molecule has 12 heteroatoms. The van der Waals surface area contributed by atoms with Crippen LogP contribution in [0, 0.1) is 5.92 Å². The first-order valence-corrected chi connectivity index (χ1v) is 12.8. The van der Waals surface area contributed by atoms with Crippen molar-refractivity contribution in [1.29, 1.82) is 0 Å². The van der Waals surface area contributed by atoms with E-state index in [-0.39, 0.29) is 30.4 Å². The van der Waals surface area contributed by atoms with E-state index in [1.54, 1.807) is 12.1 Å². The van der Waals surface area contributed by atoms with Crippen molar-refractivity contribution in [2.75, 3.05) is 7.11 Å². The molecule has 1 aromatic carbocycles. The molecule has 216 valence electrons. The predicted molar refractivity (Wildman–Crippen MR) is 142 cm³/mol. The molecule has 0 aromatic heterocycles. The van der Waals surface area contributed by atoms with E-state index in [2.05, 4.69) is 41.9 Å². The molecule has 39 heavy (non-hydrogen) atoms. The minimum absolute atomic E-state index is 0.0667. The predicted octanol–water partition coefficient (Wildman–Crippen LogP) is 3.00. The summed E-state index contributed by atoms with van der Waals surface area (Å²) in [5.41, 5.74) is 0.724. The van der Waals surface area contributed by atoms with Crippen molar-refractivity contribution in [3.05, 3.63) is 35.9 Å². The molecular formula is C27H39N3O9. The summed E-state index contributed by atoms with van der Waals surface area (Å²) in [6, 6.07) is 2.15. The van der Waals surface area contributed by atoms with Gasteiger partial charge < -0.3 is 35.6 Å². The van der Waals surface area contributed by atoms with Crippen molar-refractivity contribution in [2.24, 2.45) is 5.92 Å². The fourth-order valence-electron chi connectivity index (χ4n) is 3.31. The first kappa shape index (κ1) is 32.9.